The smallest absolute Gasteiger partial charge is 0.183 e. The molecule has 0 saturated carbocycles. The molecule has 0 fully saturated rings. The Balaban J connectivity index is 2.37. The van der Waals surface area contributed by atoms with Crippen LogP contribution >= 0.6 is 0 Å². The lowest BCUT2D eigenvalue weighted by molar-refractivity contribution is 0.0954. The van der Waals surface area contributed by atoms with Gasteiger partial charge in [0, 0.05) is 0 Å². The quantitative estimate of drug-likeness (QED) is 0.790. The Hall–Kier alpha value is -1.35. The van der Waals surface area contributed by atoms with Crippen LogP contribution in [-0.2, 0) is 6.42 Å². The van der Waals surface area contributed by atoms with Gasteiger partial charge in [0.1, 0.15) is 5.75 Å². The van der Waals surface area contributed by atoms with E-state index < -0.39 is 6.04 Å². The Kier molecular flexibility index (Phi) is 3.25. The fourth-order valence-electron chi connectivity index (χ4n) is 1.97. The maximum absolute atomic E-state index is 12.0. The van der Waals surface area contributed by atoms with E-state index in [9.17, 15) is 4.79 Å². The molecule has 0 saturated heterocycles. The molecule has 0 aliphatic carbocycles. The highest BCUT2D eigenvalue weighted by Gasteiger charge is 2.22. The van der Waals surface area contributed by atoms with Crippen LogP contribution in [0.2, 0.25) is 0 Å². The Morgan fingerprint density at radius 3 is 3.12 bits per heavy atom. The number of carbonyl (C=O) groups excluding carboxylic acids is 1. The van der Waals surface area contributed by atoms with Gasteiger partial charge in [0.25, 0.3) is 0 Å². The molecule has 0 bridgehead atoms. The number of ether oxygens (including phenoxy) is 1. The van der Waals surface area contributed by atoms with Crippen molar-refractivity contribution < 1.29 is 9.53 Å². The summed E-state index contributed by atoms with van der Waals surface area (Å²) in [6, 6.07) is 5.31. The molecular formula is C13H17NO2. The van der Waals surface area contributed by atoms with Gasteiger partial charge in [0.05, 0.1) is 18.2 Å². The van der Waals surface area contributed by atoms with Crippen LogP contribution in [-0.4, -0.2) is 18.4 Å². The molecule has 0 radical (unpaired) electrons. The number of hydrogen-bond acceptors (Lipinski definition) is 3. The van der Waals surface area contributed by atoms with E-state index in [1.165, 1.54) is 0 Å². The minimum Gasteiger partial charge on any atom is -0.493 e. The van der Waals surface area contributed by atoms with Gasteiger partial charge in [-0.15, -0.1) is 0 Å². The molecule has 16 heavy (non-hydrogen) atoms. The third-order valence-electron chi connectivity index (χ3n) is 2.98. The number of hydrogen-bond donors (Lipinski definition) is 1. The van der Waals surface area contributed by atoms with Gasteiger partial charge in [-0.05, 0) is 30.9 Å². The monoisotopic (exact) mass is 219 g/mol. The molecule has 86 valence electrons. The number of aryl methyl sites for hydroxylation is 1. The van der Waals surface area contributed by atoms with E-state index in [2.05, 4.69) is 0 Å². The summed E-state index contributed by atoms with van der Waals surface area (Å²) in [5.41, 5.74) is 7.55. The van der Waals surface area contributed by atoms with Crippen molar-refractivity contribution in [2.75, 3.05) is 6.61 Å². The van der Waals surface area contributed by atoms with E-state index >= 15 is 0 Å². The average Bonchev–Trinajstić information content (AvgIpc) is 2.36. The van der Waals surface area contributed by atoms with E-state index in [1.807, 2.05) is 25.1 Å². The van der Waals surface area contributed by atoms with Crippen LogP contribution in [0.25, 0.3) is 0 Å². The third kappa shape index (κ3) is 1.95. The average molecular weight is 219 g/mol. The summed E-state index contributed by atoms with van der Waals surface area (Å²) >= 11 is 0. The first-order valence-electron chi connectivity index (χ1n) is 5.78. The van der Waals surface area contributed by atoms with E-state index in [1.54, 1.807) is 0 Å². The lowest BCUT2D eigenvalue weighted by Crippen LogP contribution is -2.30. The standard InChI is InChI=1S/C13H17NO2/c1-2-11(14)12(15)10-7-3-5-9-6-4-8-16-13(9)10/h3,5,7,11H,2,4,6,8,14H2,1H3. The first-order chi connectivity index (χ1) is 7.74. The second kappa shape index (κ2) is 4.66. The highest BCUT2D eigenvalue weighted by Crippen LogP contribution is 2.29. The summed E-state index contributed by atoms with van der Waals surface area (Å²) in [7, 11) is 0. The number of Topliss-reactive ketones (excluding diaryl/α,β-unsaturated/α-hetero) is 1. The van der Waals surface area contributed by atoms with Crippen molar-refractivity contribution in [2.45, 2.75) is 32.2 Å². The van der Waals surface area contributed by atoms with Gasteiger partial charge in [0.15, 0.2) is 5.78 Å². The molecule has 1 aromatic carbocycles. The van der Waals surface area contributed by atoms with E-state index in [0.717, 1.165) is 24.2 Å². The maximum Gasteiger partial charge on any atom is 0.183 e. The summed E-state index contributed by atoms with van der Waals surface area (Å²) in [6.07, 6.45) is 2.66. The fourth-order valence-corrected chi connectivity index (χ4v) is 1.97. The van der Waals surface area contributed by atoms with Crippen molar-refractivity contribution in [1.82, 2.24) is 0 Å². The number of ketones is 1. The molecule has 1 aromatic rings. The molecule has 3 heteroatoms. The molecule has 1 atom stereocenters. The summed E-state index contributed by atoms with van der Waals surface area (Å²) in [5, 5.41) is 0. The normalized spacial score (nSPS) is 16.1. The number of fused-ring (bicyclic) bond motifs is 1. The lowest BCUT2D eigenvalue weighted by Gasteiger charge is -2.20. The first-order valence-corrected chi connectivity index (χ1v) is 5.78. The third-order valence-corrected chi connectivity index (χ3v) is 2.98. The van der Waals surface area contributed by atoms with Crippen LogP contribution in [0.1, 0.15) is 35.7 Å². The summed E-state index contributed by atoms with van der Waals surface area (Å²) in [6.45, 7) is 2.61. The molecule has 0 amide bonds. The molecule has 2 N–H and O–H groups in total. The topological polar surface area (TPSA) is 52.3 Å². The van der Waals surface area contributed by atoms with Gasteiger partial charge in [0.2, 0.25) is 0 Å². The summed E-state index contributed by atoms with van der Waals surface area (Å²) < 4.78 is 5.59. The number of benzene rings is 1. The first kappa shape index (κ1) is 11.1. The largest absolute Gasteiger partial charge is 0.493 e. The molecular weight excluding hydrogens is 202 g/mol. The number of rotatable bonds is 3. The molecule has 0 aromatic heterocycles. The fraction of sp³-hybridized carbons (Fsp3) is 0.462. The van der Waals surface area contributed by atoms with Crippen LogP contribution < -0.4 is 10.5 Å². The van der Waals surface area contributed by atoms with Crippen LogP contribution in [0.4, 0.5) is 0 Å². The number of nitrogens with two attached hydrogens (primary N) is 1. The second-order valence-electron chi connectivity index (χ2n) is 4.12. The van der Waals surface area contributed by atoms with E-state index in [4.69, 9.17) is 10.5 Å². The van der Waals surface area contributed by atoms with Crippen molar-refractivity contribution in [3.63, 3.8) is 0 Å². The van der Waals surface area contributed by atoms with Crippen molar-refractivity contribution in [2.24, 2.45) is 5.73 Å². The predicted molar refractivity (Wildman–Crippen MR) is 62.9 cm³/mol. The highest BCUT2D eigenvalue weighted by atomic mass is 16.5. The van der Waals surface area contributed by atoms with Gasteiger partial charge in [-0.2, -0.15) is 0 Å². The predicted octanol–water partition coefficient (Wildman–Crippen LogP) is 1.93. The minimum atomic E-state index is -0.419. The van der Waals surface area contributed by atoms with Crippen LogP contribution in [0.5, 0.6) is 5.75 Å². The van der Waals surface area contributed by atoms with Crippen LogP contribution in [0.3, 0.4) is 0 Å². The maximum atomic E-state index is 12.0. The van der Waals surface area contributed by atoms with Crippen LogP contribution in [0, 0.1) is 0 Å². The molecule has 1 heterocycles. The summed E-state index contributed by atoms with van der Waals surface area (Å²) in [5.74, 6) is 0.740. The van der Waals surface area contributed by atoms with Crippen molar-refractivity contribution in [3.8, 4) is 5.75 Å². The van der Waals surface area contributed by atoms with Crippen molar-refractivity contribution in [3.05, 3.63) is 29.3 Å². The van der Waals surface area contributed by atoms with Crippen molar-refractivity contribution in [1.29, 1.82) is 0 Å². The van der Waals surface area contributed by atoms with Gasteiger partial charge < -0.3 is 10.5 Å². The molecule has 1 aliphatic rings. The van der Waals surface area contributed by atoms with E-state index in [-0.39, 0.29) is 5.78 Å². The molecule has 1 aliphatic heterocycles. The Bertz CT molecular complexity index is 401. The zero-order chi connectivity index (χ0) is 11.5. The SMILES string of the molecule is CCC(N)C(=O)c1cccc2c1OCCC2. The van der Waals surface area contributed by atoms with Gasteiger partial charge in [-0.1, -0.05) is 19.1 Å². The second-order valence-corrected chi connectivity index (χ2v) is 4.12. The van der Waals surface area contributed by atoms with Crippen molar-refractivity contribution >= 4 is 5.78 Å². The van der Waals surface area contributed by atoms with Gasteiger partial charge in [-0.3, -0.25) is 4.79 Å². The Morgan fingerprint density at radius 2 is 2.38 bits per heavy atom. The van der Waals surface area contributed by atoms with Crippen LogP contribution in [0.15, 0.2) is 18.2 Å². The number of carbonyl (C=O) groups is 1. The zero-order valence-electron chi connectivity index (χ0n) is 9.53. The Labute approximate surface area is 95.6 Å². The summed E-state index contributed by atoms with van der Waals surface area (Å²) in [4.78, 5) is 12.0. The highest BCUT2D eigenvalue weighted by molar-refractivity contribution is 6.02. The molecule has 1 unspecified atom stereocenters. The minimum absolute atomic E-state index is 0.0127. The molecule has 3 nitrogen and oxygen atoms in total. The zero-order valence-corrected chi connectivity index (χ0v) is 9.53. The Morgan fingerprint density at radius 1 is 1.56 bits per heavy atom. The molecule has 2 rings (SSSR count). The molecule has 0 spiro atoms. The van der Waals surface area contributed by atoms with Gasteiger partial charge >= 0.3 is 0 Å². The van der Waals surface area contributed by atoms with Gasteiger partial charge in [-0.25, -0.2) is 0 Å². The number of para-hydroxylation sites is 1. The van der Waals surface area contributed by atoms with E-state index in [0.29, 0.717) is 18.6 Å². The lowest BCUT2D eigenvalue weighted by atomic mass is 9.96.